The topological polar surface area (TPSA) is 75.4 Å². The molecular formula is C22H21N3O3. The number of rotatable bonds is 4. The van der Waals surface area contributed by atoms with Crippen molar-refractivity contribution >= 4 is 23.2 Å². The van der Waals surface area contributed by atoms with Crippen LogP contribution in [0.15, 0.2) is 52.9 Å². The molecule has 3 aromatic rings. The van der Waals surface area contributed by atoms with Gasteiger partial charge in [0.05, 0.1) is 5.69 Å². The number of benzene rings is 2. The van der Waals surface area contributed by atoms with E-state index < -0.39 is 0 Å². The van der Waals surface area contributed by atoms with Crippen molar-refractivity contribution in [3.05, 3.63) is 65.5 Å². The molecule has 1 fully saturated rings. The molecule has 2 aromatic carbocycles. The van der Waals surface area contributed by atoms with Gasteiger partial charge in [-0.2, -0.15) is 0 Å². The van der Waals surface area contributed by atoms with E-state index in [0.717, 1.165) is 29.1 Å². The summed E-state index contributed by atoms with van der Waals surface area (Å²) >= 11 is 0. The van der Waals surface area contributed by atoms with Gasteiger partial charge < -0.3 is 14.6 Å². The number of nitrogens with one attached hydrogen (secondary N) is 1. The van der Waals surface area contributed by atoms with Crippen LogP contribution in [0.25, 0.3) is 11.5 Å². The van der Waals surface area contributed by atoms with Gasteiger partial charge in [-0.3, -0.25) is 9.59 Å². The molecule has 0 spiro atoms. The number of oxazole rings is 1. The fraction of sp³-hybridized carbons (Fsp3) is 0.227. The van der Waals surface area contributed by atoms with Gasteiger partial charge >= 0.3 is 0 Å². The quantitative estimate of drug-likeness (QED) is 0.736. The molecule has 142 valence electrons. The number of nitrogens with zero attached hydrogens (tertiary/aromatic N) is 2. The van der Waals surface area contributed by atoms with Crippen LogP contribution in [-0.2, 0) is 4.79 Å². The van der Waals surface area contributed by atoms with Crippen LogP contribution in [0, 0.1) is 13.8 Å². The standard InChI is InChI=1S/C22H21N3O3/c1-14-15(2)28-22(23-14)17-7-3-8-18(12-17)24-21(27)16-6-4-9-19(13-16)25-11-5-10-20(25)26/h3-4,6-9,12-13H,5,10-11H2,1-2H3,(H,24,27). The first kappa shape index (κ1) is 18.0. The van der Waals surface area contributed by atoms with Gasteiger partial charge in [-0.05, 0) is 56.7 Å². The van der Waals surface area contributed by atoms with Crippen molar-refractivity contribution in [2.45, 2.75) is 26.7 Å². The molecule has 28 heavy (non-hydrogen) atoms. The normalized spacial score (nSPS) is 13.8. The Balaban J connectivity index is 1.54. The summed E-state index contributed by atoms with van der Waals surface area (Å²) in [7, 11) is 0. The van der Waals surface area contributed by atoms with Crippen molar-refractivity contribution < 1.29 is 14.0 Å². The van der Waals surface area contributed by atoms with Crippen molar-refractivity contribution in [3.63, 3.8) is 0 Å². The van der Waals surface area contributed by atoms with Crippen molar-refractivity contribution in [3.8, 4) is 11.5 Å². The molecule has 0 saturated carbocycles. The molecule has 1 aromatic heterocycles. The summed E-state index contributed by atoms with van der Waals surface area (Å²) < 4.78 is 5.67. The van der Waals surface area contributed by atoms with Crippen LogP contribution >= 0.6 is 0 Å². The maximum atomic E-state index is 12.7. The molecule has 1 aliphatic rings. The van der Waals surface area contributed by atoms with Gasteiger partial charge in [0, 0.05) is 35.5 Å². The van der Waals surface area contributed by atoms with Gasteiger partial charge in [0.2, 0.25) is 11.8 Å². The average molecular weight is 375 g/mol. The molecular weight excluding hydrogens is 354 g/mol. The lowest BCUT2D eigenvalue weighted by Gasteiger charge is -2.16. The second-order valence-corrected chi connectivity index (χ2v) is 6.89. The van der Waals surface area contributed by atoms with Crippen molar-refractivity contribution in [1.82, 2.24) is 4.98 Å². The maximum Gasteiger partial charge on any atom is 0.255 e. The number of aryl methyl sites for hydroxylation is 2. The molecule has 1 saturated heterocycles. The molecule has 2 heterocycles. The summed E-state index contributed by atoms with van der Waals surface area (Å²) in [5.41, 5.74) is 3.56. The van der Waals surface area contributed by atoms with Crippen molar-refractivity contribution in [1.29, 1.82) is 0 Å². The number of aromatic nitrogens is 1. The van der Waals surface area contributed by atoms with Gasteiger partial charge in [-0.15, -0.1) is 0 Å². The smallest absolute Gasteiger partial charge is 0.255 e. The minimum Gasteiger partial charge on any atom is -0.441 e. The van der Waals surface area contributed by atoms with Gasteiger partial charge in [0.15, 0.2) is 0 Å². The zero-order valence-corrected chi connectivity index (χ0v) is 15.9. The fourth-order valence-electron chi connectivity index (χ4n) is 3.27. The lowest BCUT2D eigenvalue weighted by Crippen LogP contribution is -2.24. The monoisotopic (exact) mass is 375 g/mol. The van der Waals surface area contributed by atoms with Crippen molar-refractivity contribution in [2.24, 2.45) is 0 Å². The first-order chi connectivity index (χ1) is 13.5. The summed E-state index contributed by atoms with van der Waals surface area (Å²) in [6, 6.07) is 14.5. The Morgan fingerprint density at radius 1 is 1.14 bits per heavy atom. The van der Waals surface area contributed by atoms with E-state index in [9.17, 15) is 9.59 Å². The Hall–Kier alpha value is -3.41. The third kappa shape index (κ3) is 3.53. The predicted octanol–water partition coefficient (Wildman–Crippen LogP) is 4.34. The first-order valence-electron chi connectivity index (χ1n) is 9.27. The van der Waals surface area contributed by atoms with Gasteiger partial charge in [0.25, 0.3) is 5.91 Å². The highest BCUT2D eigenvalue weighted by molar-refractivity contribution is 6.06. The summed E-state index contributed by atoms with van der Waals surface area (Å²) in [5, 5.41) is 2.91. The van der Waals surface area contributed by atoms with E-state index in [0.29, 0.717) is 30.1 Å². The summed E-state index contributed by atoms with van der Waals surface area (Å²) in [6.45, 7) is 4.46. The van der Waals surface area contributed by atoms with Crippen LogP contribution < -0.4 is 10.2 Å². The maximum absolute atomic E-state index is 12.7. The summed E-state index contributed by atoms with van der Waals surface area (Å²) in [4.78, 5) is 30.8. The Kier molecular flexibility index (Phi) is 4.69. The first-order valence-corrected chi connectivity index (χ1v) is 9.27. The largest absolute Gasteiger partial charge is 0.441 e. The zero-order valence-electron chi connectivity index (χ0n) is 15.9. The van der Waals surface area contributed by atoms with E-state index in [-0.39, 0.29) is 11.8 Å². The van der Waals surface area contributed by atoms with Gasteiger partial charge in [-0.25, -0.2) is 4.98 Å². The number of hydrogen-bond acceptors (Lipinski definition) is 4. The van der Waals surface area contributed by atoms with E-state index in [1.807, 2.05) is 44.2 Å². The van der Waals surface area contributed by atoms with E-state index in [4.69, 9.17) is 4.42 Å². The molecule has 0 atom stereocenters. The molecule has 4 rings (SSSR count). The van der Waals surface area contributed by atoms with Gasteiger partial charge in [-0.1, -0.05) is 12.1 Å². The molecule has 6 heteroatoms. The lowest BCUT2D eigenvalue weighted by atomic mass is 10.1. The Bertz CT molecular complexity index is 1040. The van der Waals surface area contributed by atoms with Crippen LogP contribution in [0.1, 0.15) is 34.7 Å². The predicted molar refractivity (Wildman–Crippen MR) is 107 cm³/mol. The SMILES string of the molecule is Cc1nc(-c2cccc(NC(=O)c3cccc(N4CCCC4=O)c3)c2)oc1C. The molecule has 0 bridgehead atoms. The molecule has 0 unspecified atom stereocenters. The number of amides is 2. The van der Waals surface area contributed by atoms with E-state index in [1.165, 1.54) is 0 Å². The van der Waals surface area contributed by atoms with E-state index in [1.54, 1.807) is 23.1 Å². The third-order valence-corrected chi connectivity index (χ3v) is 4.89. The van der Waals surface area contributed by atoms with E-state index >= 15 is 0 Å². The lowest BCUT2D eigenvalue weighted by molar-refractivity contribution is -0.117. The van der Waals surface area contributed by atoms with Gasteiger partial charge in [0.1, 0.15) is 5.76 Å². The van der Waals surface area contributed by atoms with Crippen molar-refractivity contribution in [2.75, 3.05) is 16.8 Å². The fourth-order valence-corrected chi connectivity index (χ4v) is 3.27. The van der Waals surface area contributed by atoms with Crippen LogP contribution in [0.4, 0.5) is 11.4 Å². The number of carbonyl (C=O) groups excluding carboxylic acids is 2. The number of anilines is 2. The third-order valence-electron chi connectivity index (χ3n) is 4.89. The summed E-state index contributed by atoms with van der Waals surface area (Å²) in [5.74, 6) is 1.17. The Morgan fingerprint density at radius 3 is 2.68 bits per heavy atom. The van der Waals surface area contributed by atoms with Crippen LogP contribution in [0.5, 0.6) is 0 Å². The minimum absolute atomic E-state index is 0.0989. The average Bonchev–Trinajstić information content (AvgIpc) is 3.27. The van der Waals surface area contributed by atoms with E-state index in [2.05, 4.69) is 10.3 Å². The molecule has 6 nitrogen and oxygen atoms in total. The molecule has 0 radical (unpaired) electrons. The van der Waals surface area contributed by atoms with Crippen LogP contribution in [0.3, 0.4) is 0 Å². The summed E-state index contributed by atoms with van der Waals surface area (Å²) in [6.07, 6.45) is 1.41. The Labute approximate surface area is 163 Å². The zero-order chi connectivity index (χ0) is 19.7. The molecule has 1 aliphatic heterocycles. The second-order valence-electron chi connectivity index (χ2n) is 6.89. The highest BCUT2D eigenvalue weighted by Crippen LogP contribution is 2.25. The number of hydrogen-bond donors (Lipinski definition) is 1. The number of carbonyl (C=O) groups is 2. The minimum atomic E-state index is -0.231. The molecule has 1 N–H and O–H groups in total. The highest BCUT2D eigenvalue weighted by Gasteiger charge is 2.22. The molecule has 0 aliphatic carbocycles. The second kappa shape index (κ2) is 7.31. The van der Waals surface area contributed by atoms with Crippen LogP contribution in [0.2, 0.25) is 0 Å². The highest BCUT2D eigenvalue weighted by atomic mass is 16.4. The Morgan fingerprint density at radius 2 is 1.96 bits per heavy atom. The molecule has 2 amide bonds. The van der Waals surface area contributed by atoms with Crippen LogP contribution in [-0.4, -0.2) is 23.3 Å².